The standard InChI is InChI=1S/C54H66N4O2.C2H6/c1-35(2)45-29-37(30-46(50(45)59)52(4,5)6)33-58(34-38-31-47(53(7,8)9)51(60)48(32-38)54(10,11)12)44-25-22-42(23-26-44)55-40-18-20-41(21-19-40)56-43-24-27-49(36(3)28-43)57-39-16-14-13-15-17-39;1-2/h13-32,35,55-57,59-60H,33-34H2,1-12H3;1-2H3. The summed E-state index contributed by atoms with van der Waals surface area (Å²) in [5.41, 5.74) is 13.9. The highest BCUT2D eigenvalue weighted by Crippen LogP contribution is 2.42. The summed E-state index contributed by atoms with van der Waals surface area (Å²) in [6.45, 7) is 31.1. The van der Waals surface area contributed by atoms with E-state index < -0.39 is 0 Å². The van der Waals surface area contributed by atoms with Crippen molar-refractivity contribution in [3.05, 3.63) is 160 Å². The summed E-state index contributed by atoms with van der Waals surface area (Å²) in [6.07, 6.45) is 0. The van der Waals surface area contributed by atoms with Gasteiger partial charge in [0.15, 0.2) is 0 Å². The van der Waals surface area contributed by atoms with Gasteiger partial charge in [-0.2, -0.15) is 0 Å². The topological polar surface area (TPSA) is 79.8 Å². The number of rotatable bonds is 12. The molecule has 328 valence electrons. The Morgan fingerprint density at radius 2 is 0.887 bits per heavy atom. The number of hydrogen-bond acceptors (Lipinski definition) is 6. The second-order valence-electron chi connectivity index (χ2n) is 19.8. The van der Waals surface area contributed by atoms with E-state index in [2.05, 4.69) is 207 Å². The van der Waals surface area contributed by atoms with Crippen molar-refractivity contribution >= 4 is 39.8 Å². The highest BCUT2D eigenvalue weighted by atomic mass is 16.3. The van der Waals surface area contributed by atoms with E-state index in [1.165, 1.54) is 0 Å². The minimum Gasteiger partial charge on any atom is -0.507 e. The van der Waals surface area contributed by atoms with Gasteiger partial charge in [0.05, 0.1) is 0 Å². The third kappa shape index (κ3) is 11.9. The molecule has 0 heterocycles. The molecule has 6 aromatic rings. The Bertz CT molecular complexity index is 2360. The number of aryl methyl sites for hydroxylation is 1. The van der Waals surface area contributed by atoms with Crippen LogP contribution in [0, 0.1) is 6.92 Å². The van der Waals surface area contributed by atoms with Crippen molar-refractivity contribution in [2.45, 2.75) is 132 Å². The van der Waals surface area contributed by atoms with Crippen LogP contribution < -0.4 is 20.9 Å². The highest BCUT2D eigenvalue weighted by Gasteiger charge is 2.28. The zero-order chi connectivity index (χ0) is 45.6. The predicted molar refractivity (Wildman–Crippen MR) is 268 cm³/mol. The average molecular weight is 833 g/mol. The van der Waals surface area contributed by atoms with E-state index in [1.54, 1.807) is 0 Å². The number of benzene rings is 6. The van der Waals surface area contributed by atoms with Crippen molar-refractivity contribution < 1.29 is 10.2 Å². The van der Waals surface area contributed by atoms with Gasteiger partial charge in [0.1, 0.15) is 11.5 Å². The molecular weight excluding hydrogens is 761 g/mol. The fourth-order valence-corrected chi connectivity index (χ4v) is 7.71. The lowest BCUT2D eigenvalue weighted by atomic mass is 9.78. The van der Waals surface area contributed by atoms with Crippen molar-refractivity contribution in [1.29, 1.82) is 0 Å². The minimum atomic E-state index is -0.234. The molecule has 0 fully saturated rings. The molecule has 0 radical (unpaired) electrons. The van der Waals surface area contributed by atoms with Gasteiger partial charge in [0.2, 0.25) is 0 Å². The molecular formula is C56H72N4O2. The summed E-state index contributed by atoms with van der Waals surface area (Å²) in [4.78, 5) is 2.41. The molecule has 0 saturated carbocycles. The number of phenolic OH excluding ortho intramolecular Hbond substituents is 2. The van der Waals surface area contributed by atoms with Crippen molar-refractivity contribution in [1.82, 2.24) is 0 Å². The first-order valence-electron chi connectivity index (χ1n) is 22.3. The molecule has 0 aliphatic carbocycles. The van der Waals surface area contributed by atoms with Crippen LogP contribution in [0.2, 0.25) is 0 Å². The molecule has 0 bridgehead atoms. The van der Waals surface area contributed by atoms with Gasteiger partial charge in [0.25, 0.3) is 0 Å². The molecule has 6 aromatic carbocycles. The molecule has 0 aliphatic heterocycles. The van der Waals surface area contributed by atoms with Crippen LogP contribution in [0.5, 0.6) is 11.5 Å². The molecule has 0 aliphatic rings. The van der Waals surface area contributed by atoms with E-state index in [0.717, 1.165) is 78.8 Å². The van der Waals surface area contributed by atoms with Gasteiger partial charge in [-0.15, -0.1) is 0 Å². The number of phenols is 2. The normalized spacial score (nSPS) is 11.8. The number of nitrogens with zero attached hydrogens (tertiary/aromatic N) is 1. The zero-order valence-corrected chi connectivity index (χ0v) is 39.9. The quantitative estimate of drug-likeness (QED) is 0.0845. The Hall–Kier alpha value is -5.88. The van der Waals surface area contributed by atoms with Crippen LogP contribution >= 0.6 is 0 Å². The summed E-state index contributed by atoms with van der Waals surface area (Å²) in [5.74, 6) is 0.963. The smallest absolute Gasteiger partial charge is 0.123 e. The lowest BCUT2D eigenvalue weighted by Crippen LogP contribution is -2.24. The van der Waals surface area contributed by atoms with Gasteiger partial charge in [-0.05, 0) is 165 Å². The largest absolute Gasteiger partial charge is 0.507 e. The summed E-state index contributed by atoms with van der Waals surface area (Å²) < 4.78 is 0. The maximum absolute atomic E-state index is 11.5. The third-order valence-corrected chi connectivity index (χ3v) is 11.1. The van der Waals surface area contributed by atoms with Crippen LogP contribution in [0.1, 0.15) is 135 Å². The second-order valence-corrected chi connectivity index (χ2v) is 19.8. The maximum Gasteiger partial charge on any atom is 0.123 e. The van der Waals surface area contributed by atoms with Crippen molar-refractivity contribution in [3.8, 4) is 11.5 Å². The van der Waals surface area contributed by atoms with Gasteiger partial charge in [-0.25, -0.2) is 0 Å². The summed E-state index contributed by atoms with van der Waals surface area (Å²) >= 11 is 0. The van der Waals surface area contributed by atoms with E-state index in [9.17, 15) is 10.2 Å². The van der Waals surface area contributed by atoms with Gasteiger partial charge >= 0.3 is 0 Å². The van der Waals surface area contributed by atoms with Crippen LogP contribution in [0.25, 0.3) is 0 Å². The van der Waals surface area contributed by atoms with Gasteiger partial charge < -0.3 is 31.1 Å². The first kappa shape index (κ1) is 47.2. The maximum atomic E-state index is 11.5. The number of hydrogen-bond donors (Lipinski definition) is 5. The summed E-state index contributed by atoms with van der Waals surface area (Å²) in [7, 11) is 0. The van der Waals surface area contributed by atoms with E-state index >= 15 is 0 Å². The fourth-order valence-electron chi connectivity index (χ4n) is 7.71. The summed E-state index contributed by atoms with van der Waals surface area (Å²) in [5, 5.41) is 33.6. The lowest BCUT2D eigenvalue weighted by molar-refractivity contribution is 0.422. The van der Waals surface area contributed by atoms with Crippen molar-refractivity contribution in [2.24, 2.45) is 0 Å². The Balaban J connectivity index is 0.00000358. The van der Waals surface area contributed by atoms with Crippen LogP contribution in [0.3, 0.4) is 0 Å². The van der Waals surface area contributed by atoms with Crippen LogP contribution in [-0.4, -0.2) is 10.2 Å². The van der Waals surface area contributed by atoms with E-state index in [-0.39, 0.29) is 22.2 Å². The van der Waals surface area contributed by atoms with Gasteiger partial charge in [0, 0.05) is 52.9 Å². The molecule has 0 saturated heterocycles. The van der Waals surface area contributed by atoms with E-state index in [0.29, 0.717) is 24.6 Å². The Labute approximate surface area is 373 Å². The lowest BCUT2D eigenvalue weighted by Gasteiger charge is -2.31. The van der Waals surface area contributed by atoms with Crippen LogP contribution in [0.15, 0.2) is 121 Å². The number of aromatic hydroxyl groups is 2. The molecule has 5 N–H and O–H groups in total. The Morgan fingerprint density at radius 1 is 0.484 bits per heavy atom. The average Bonchev–Trinajstić information content (AvgIpc) is 3.20. The molecule has 6 rings (SSSR count). The van der Waals surface area contributed by atoms with E-state index in [4.69, 9.17) is 0 Å². The van der Waals surface area contributed by atoms with Crippen molar-refractivity contribution in [2.75, 3.05) is 20.9 Å². The van der Waals surface area contributed by atoms with E-state index in [1.807, 2.05) is 32.0 Å². The monoisotopic (exact) mass is 833 g/mol. The minimum absolute atomic E-state index is 0.175. The Kier molecular flexibility index (Phi) is 14.8. The van der Waals surface area contributed by atoms with Gasteiger partial charge in [-0.3, -0.25) is 0 Å². The Morgan fingerprint density at radius 3 is 1.34 bits per heavy atom. The predicted octanol–water partition coefficient (Wildman–Crippen LogP) is 15.9. The third-order valence-electron chi connectivity index (χ3n) is 11.1. The number of para-hydroxylation sites is 1. The summed E-state index contributed by atoms with van der Waals surface area (Å²) in [6, 6.07) is 42.3. The molecule has 6 heteroatoms. The number of anilines is 7. The fraction of sp³-hybridized carbons (Fsp3) is 0.357. The van der Waals surface area contributed by atoms with Crippen LogP contribution in [-0.2, 0) is 29.3 Å². The molecule has 0 spiro atoms. The first-order valence-corrected chi connectivity index (χ1v) is 22.3. The molecule has 0 atom stereocenters. The highest BCUT2D eigenvalue weighted by molar-refractivity contribution is 5.71. The molecule has 62 heavy (non-hydrogen) atoms. The van der Waals surface area contributed by atoms with Gasteiger partial charge in [-0.1, -0.05) is 114 Å². The van der Waals surface area contributed by atoms with Crippen LogP contribution in [0.4, 0.5) is 39.8 Å². The first-order chi connectivity index (χ1) is 29.2. The van der Waals surface area contributed by atoms with Crippen molar-refractivity contribution in [3.63, 3.8) is 0 Å². The zero-order valence-electron chi connectivity index (χ0n) is 39.9. The SMILES string of the molecule is CC.Cc1cc(Nc2ccc(Nc3ccc(N(Cc4cc(C(C)C)c(O)c(C(C)(C)C)c4)Cc4cc(C(C)(C)C)c(O)c(C(C)(C)C)c4)cc3)cc2)ccc1Nc1ccccc1. The molecule has 0 amide bonds. The second kappa shape index (κ2) is 19.4. The number of nitrogens with one attached hydrogen (secondary N) is 3. The molecule has 6 nitrogen and oxygen atoms in total. The molecule has 0 aromatic heterocycles. The molecule has 0 unspecified atom stereocenters.